The van der Waals surface area contributed by atoms with Gasteiger partial charge in [0.25, 0.3) is 10.0 Å². The van der Waals surface area contributed by atoms with Crippen molar-refractivity contribution in [2.75, 3.05) is 17.4 Å². The fraction of sp³-hybridized carbons (Fsp3) is 0.190. The molecule has 8 heteroatoms. The molecule has 1 amide bonds. The lowest BCUT2D eigenvalue weighted by atomic mass is 10.00. The van der Waals surface area contributed by atoms with Crippen LogP contribution in [0.3, 0.4) is 0 Å². The van der Waals surface area contributed by atoms with Crippen molar-refractivity contribution in [3.63, 3.8) is 0 Å². The second kappa shape index (κ2) is 7.96. The highest BCUT2D eigenvalue weighted by molar-refractivity contribution is 7.94. The van der Waals surface area contributed by atoms with Gasteiger partial charge in [-0.05, 0) is 53.3 Å². The quantitative estimate of drug-likeness (QED) is 0.621. The summed E-state index contributed by atoms with van der Waals surface area (Å²) >= 11 is 1.08. The van der Waals surface area contributed by atoms with Gasteiger partial charge in [-0.1, -0.05) is 30.3 Å². The van der Waals surface area contributed by atoms with Crippen molar-refractivity contribution in [1.29, 1.82) is 0 Å². The van der Waals surface area contributed by atoms with Crippen molar-refractivity contribution in [2.45, 2.75) is 17.2 Å². The Morgan fingerprint density at radius 2 is 1.76 bits per heavy atom. The number of carbonyl (C=O) groups is 1. The number of carbonyl (C=O) groups excluding carboxylic acids is 1. The highest BCUT2D eigenvalue weighted by Gasteiger charge is 2.30. The molecule has 4 rings (SSSR count). The highest BCUT2D eigenvalue weighted by atomic mass is 32.2. The van der Waals surface area contributed by atoms with Crippen molar-refractivity contribution in [1.82, 2.24) is 4.90 Å². The number of nitrogens with zero attached hydrogens (tertiary/aromatic N) is 2. The fourth-order valence-electron chi connectivity index (χ4n) is 3.37. The molecule has 1 aliphatic rings. The predicted molar refractivity (Wildman–Crippen MR) is 111 cm³/mol. The molecule has 2 heterocycles. The molecule has 0 N–H and O–H groups in total. The van der Waals surface area contributed by atoms with Gasteiger partial charge in [-0.2, -0.15) is 0 Å². The number of fused-ring (bicyclic) bond motifs is 1. The van der Waals surface area contributed by atoms with Gasteiger partial charge in [0.2, 0.25) is 5.91 Å². The van der Waals surface area contributed by atoms with Crippen molar-refractivity contribution < 1.29 is 17.6 Å². The third-order valence-corrected chi connectivity index (χ3v) is 8.06. The minimum absolute atomic E-state index is 0.138. The van der Waals surface area contributed by atoms with Crippen LogP contribution in [0.2, 0.25) is 0 Å². The number of halogens is 1. The summed E-state index contributed by atoms with van der Waals surface area (Å²) in [5.41, 5.74) is 2.53. The molecule has 1 aromatic heterocycles. The van der Waals surface area contributed by atoms with Gasteiger partial charge in [-0.15, -0.1) is 11.3 Å². The molecular weight excluding hydrogens is 411 g/mol. The smallest absolute Gasteiger partial charge is 0.274 e. The summed E-state index contributed by atoms with van der Waals surface area (Å²) in [6.45, 7) is 0.644. The molecule has 29 heavy (non-hydrogen) atoms. The summed E-state index contributed by atoms with van der Waals surface area (Å²) in [6, 6.07) is 16.2. The summed E-state index contributed by atoms with van der Waals surface area (Å²) < 4.78 is 40.9. The first-order chi connectivity index (χ1) is 13.9. The van der Waals surface area contributed by atoms with Crippen LogP contribution >= 0.6 is 11.3 Å². The molecule has 0 aliphatic carbocycles. The zero-order valence-electron chi connectivity index (χ0n) is 15.5. The van der Waals surface area contributed by atoms with Crippen LogP contribution < -0.4 is 4.31 Å². The molecule has 0 bridgehead atoms. The van der Waals surface area contributed by atoms with Crippen LogP contribution in [0.4, 0.5) is 10.1 Å². The van der Waals surface area contributed by atoms with E-state index in [1.807, 2.05) is 24.3 Å². The normalized spacial score (nSPS) is 13.8. The van der Waals surface area contributed by atoms with Crippen molar-refractivity contribution in [3.05, 3.63) is 83.0 Å². The molecule has 0 atom stereocenters. The van der Waals surface area contributed by atoms with Gasteiger partial charge in [-0.25, -0.2) is 12.8 Å². The molecule has 0 radical (unpaired) electrons. The van der Waals surface area contributed by atoms with E-state index in [-0.39, 0.29) is 22.3 Å². The Morgan fingerprint density at radius 3 is 2.45 bits per heavy atom. The number of sulfonamides is 1. The molecular formula is C21H19FN2O3S2. The van der Waals surface area contributed by atoms with Crippen LogP contribution in [0.1, 0.15) is 11.1 Å². The monoisotopic (exact) mass is 430 g/mol. The van der Waals surface area contributed by atoms with E-state index in [4.69, 9.17) is 0 Å². The van der Waals surface area contributed by atoms with Gasteiger partial charge < -0.3 is 4.90 Å². The number of hydrogen-bond acceptors (Lipinski definition) is 4. The topological polar surface area (TPSA) is 57.7 Å². The Morgan fingerprint density at radius 1 is 1.03 bits per heavy atom. The Hall–Kier alpha value is -2.71. The maximum atomic E-state index is 13.4. The molecule has 2 aromatic carbocycles. The number of anilines is 1. The SMILES string of the molecule is O=C(CN(c1ccc(F)cc1)S(=O)(=O)c1cccs1)N1CCc2ccccc2C1. The van der Waals surface area contributed by atoms with E-state index in [9.17, 15) is 17.6 Å². The van der Waals surface area contributed by atoms with E-state index in [1.54, 1.807) is 16.3 Å². The van der Waals surface area contributed by atoms with Gasteiger partial charge >= 0.3 is 0 Å². The molecule has 0 saturated carbocycles. The summed E-state index contributed by atoms with van der Waals surface area (Å²) in [5.74, 6) is -0.759. The lowest BCUT2D eigenvalue weighted by Crippen LogP contribution is -2.44. The van der Waals surface area contributed by atoms with E-state index in [2.05, 4.69) is 0 Å². The molecule has 150 valence electrons. The Labute approximate surface area is 173 Å². The highest BCUT2D eigenvalue weighted by Crippen LogP contribution is 2.27. The third kappa shape index (κ3) is 4.04. The van der Waals surface area contributed by atoms with Gasteiger partial charge in [-0.3, -0.25) is 9.10 Å². The number of amides is 1. The average molecular weight is 431 g/mol. The zero-order valence-corrected chi connectivity index (χ0v) is 17.1. The molecule has 5 nitrogen and oxygen atoms in total. The molecule has 0 saturated heterocycles. The second-order valence-corrected chi connectivity index (χ2v) is 9.79. The van der Waals surface area contributed by atoms with Crippen LogP contribution in [0, 0.1) is 5.82 Å². The number of hydrogen-bond donors (Lipinski definition) is 0. The number of thiophene rings is 1. The Bertz CT molecular complexity index is 1110. The van der Waals surface area contributed by atoms with Crippen LogP contribution in [0.15, 0.2) is 70.3 Å². The summed E-state index contributed by atoms with van der Waals surface area (Å²) in [4.78, 5) is 14.7. The van der Waals surface area contributed by atoms with Crippen molar-refractivity contribution in [2.24, 2.45) is 0 Å². The van der Waals surface area contributed by atoms with Gasteiger partial charge in [0.1, 0.15) is 16.6 Å². The zero-order chi connectivity index (χ0) is 20.4. The van der Waals surface area contributed by atoms with Crippen LogP contribution in [0.25, 0.3) is 0 Å². The van der Waals surface area contributed by atoms with E-state index < -0.39 is 15.8 Å². The summed E-state index contributed by atoms with van der Waals surface area (Å²) in [5, 5.41) is 1.67. The minimum Gasteiger partial charge on any atom is -0.336 e. The Kier molecular flexibility index (Phi) is 5.38. The van der Waals surface area contributed by atoms with Crippen LogP contribution in [-0.4, -0.2) is 32.3 Å². The number of benzene rings is 2. The predicted octanol–water partition coefficient (Wildman–Crippen LogP) is 3.67. The van der Waals surface area contributed by atoms with E-state index in [1.165, 1.54) is 35.9 Å². The van der Waals surface area contributed by atoms with E-state index >= 15 is 0 Å². The molecule has 0 unspecified atom stereocenters. The maximum absolute atomic E-state index is 13.4. The van der Waals surface area contributed by atoms with Crippen molar-refractivity contribution >= 4 is 33.0 Å². The van der Waals surface area contributed by atoms with Gasteiger partial charge in [0.15, 0.2) is 0 Å². The molecule has 0 spiro atoms. The first kappa shape index (κ1) is 19.6. The molecule has 0 fully saturated rings. The van der Waals surface area contributed by atoms with Crippen LogP contribution in [0.5, 0.6) is 0 Å². The van der Waals surface area contributed by atoms with E-state index in [0.717, 1.165) is 27.6 Å². The maximum Gasteiger partial charge on any atom is 0.274 e. The first-order valence-electron chi connectivity index (χ1n) is 9.11. The van der Waals surface area contributed by atoms with Crippen molar-refractivity contribution in [3.8, 4) is 0 Å². The minimum atomic E-state index is -3.94. The molecule has 1 aliphatic heterocycles. The summed E-state index contributed by atoms with van der Waals surface area (Å²) in [6.07, 6.45) is 0.732. The first-order valence-corrected chi connectivity index (χ1v) is 11.4. The third-order valence-electron chi connectivity index (χ3n) is 4.92. The fourth-order valence-corrected chi connectivity index (χ4v) is 5.89. The standard InChI is InChI=1S/C21H19FN2O3S2/c22-18-7-9-19(10-8-18)24(29(26,27)21-6-3-13-28-21)15-20(25)23-12-11-16-4-1-2-5-17(16)14-23/h1-10,13H,11-12,14-15H2. The lowest BCUT2D eigenvalue weighted by molar-refractivity contribution is -0.130. The second-order valence-electron chi connectivity index (χ2n) is 6.75. The lowest BCUT2D eigenvalue weighted by Gasteiger charge is -2.31. The number of rotatable bonds is 5. The van der Waals surface area contributed by atoms with E-state index in [0.29, 0.717) is 13.1 Å². The summed E-state index contributed by atoms with van der Waals surface area (Å²) in [7, 11) is -3.94. The Balaban J connectivity index is 1.62. The van der Waals surface area contributed by atoms with Crippen LogP contribution in [-0.2, 0) is 27.8 Å². The average Bonchev–Trinajstić information content (AvgIpc) is 3.28. The van der Waals surface area contributed by atoms with Gasteiger partial charge in [0, 0.05) is 13.1 Å². The largest absolute Gasteiger partial charge is 0.336 e. The van der Waals surface area contributed by atoms with Gasteiger partial charge in [0.05, 0.1) is 5.69 Å². The molecule has 3 aromatic rings.